The van der Waals surface area contributed by atoms with Crippen LogP contribution >= 0.6 is 11.3 Å². The van der Waals surface area contributed by atoms with E-state index in [1.807, 2.05) is 12.1 Å². The molecule has 0 unspecified atom stereocenters. The number of aromatic nitrogens is 1. The van der Waals surface area contributed by atoms with Crippen LogP contribution in [0.4, 0.5) is 0 Å². The third-order valence-corrected chi connectivity index (χ3v) is 3.66. The van der Waals surface area contributed by atoms with E-state index in [-0.39, 0.29) is 5.78 Å². The predicted octanol–water partition coefficient (Wildman–Crippen LogP) is 3.58. The molecule has 1 aromatic carbocycles. The molecule has 0 atom stereocenters. The Hall–Kier alpha value is -1.68. The maximum atomic E-state index is 11.2. The Bertz CT molecular complexity index is 575. The van der Waals surface area contributed by atoms with Crippen LogP contribution in [0.5, 0.6) is 5.75 Å². The number of nitrogens with zero attached hydrogens (tertiary/aromatic N) is 1. The van der Waals surface area contributed by atoms with E-state index in [0.717, 1.165) is 28.3 Å². The Labute approximate surface area is 110 Å². The number of thiazole rings is 1. The smallest absolute Gasteiger partial charge is 0.178 e. The van der Waals surface area contributed by atoms with E-state index in [4.69, 9.17) is 4.74 Å². The largest absolute Gasteiger partial charge is 0.496 e. The number of rotatable bonds is 4. The number of ketones is 1. The van der Waals surface area contributed by atoms with Gasteiger partial charge in [0.2, 0.25) is 0 Å². The minimum absolute atomic E-state index is 0.00160. The molecule has 0 aliphatic carbocycles. The van der Waals surface area contributed by atoms with E-state index < -0.39 is 0 Å². The highest BCUT2D eigenvalue weighted by atomic mass is 32.1. The highest BCUT2D eigenvalue weighted by Crippen LogP contribution is 2.29. The molecule has 0 spiro atoms. The minimum atomic E-state index is 0.00160. The number of ether oxygens (including phenoxy) is 1. The van der Waals surface area contributed by atoms with Crippen molar-refractivity contribution in [3.8, 4) is 16.3 Å². The molecule has 0 fully saturated rings. The number of hydrogen-bond donors (Lipinski definition) is 0. The lowest BCUT2D eigenvalue weighted by Crippen LogP contribution is -1.93. The first-order chi connectivity index (χ1) is 8.65. The van der Waals surface area contributed by atoms with E-state index in [1.54, 1.807) is 12.5 Å². The molecule has 0 aliphatic heterocycles. The molecule has 0 radical (unpaired) electrons. The second-order valence-corrected chi connectivity index (χ2v) is 4.83. The number of hydrogen-bond acceptors (Lipinski definition) is 4. The van der Waals surface area contributed by atoms with Crippen LogP contribution in [0.25, 0.3) is 10.6 Å². The van der Waals surface area contributed by atoms with Crippen LogP contribution in [0.1, 0.15) is 29.9 Å². The molecule has 2 aromatic rings. The highest BCUT2D eigenvalue weighted by Gasteiger charge is 2.10. The van der Waals surface area contributed by atoms with Crippen LogP contribution in [-0.2, 0) is 6.42 Å². The Morgan fingerprint density at radius 1 is 1.44 bits per heavy atom. The average Bonchev–Trinajstić information content (AvgIpc) is 2.87. The van der Waals surface area contributed by atoms with Gasteiger partial charge < -0.3 is 4.74 Å². The number of methoxy groups -OCH3 is 1. The summed E-state index contributed by atoms with van der Waals surface area (Å²) in [6, 6.07) is 5.99. The lowest BCUT2D eigenvalue weighted by atomic mass is 10.1. The SMILES string of the molecule is CCc1cc(-c2nc(C(C)=O)cs2)ccc1OC. The quantitative estimate of drug-likeness (QED) is 0.790. The van der Waals surface area contributed by atoms with Gasteiger partial charge in [-0.1, -0.05) is 6.92 Å². The van der Waals surface area contributed by atoms with E-state index >= 15 is 0 Å². The Balaban J connectivity index is 2.41. The zero-order valence-electron chi connectivity index (χ0n) is 10.7. The first-order valence-electron chi connectivity index (χ1n) is 5.79. The van der Waals surface area contributed by atoms with Gasteiger partial charge in [-0.25, -0.2) is 4.98 Å². The fraction of sp³-hybridized carbons (Fsp3) is 0.286. The summed E-state index contributed by atoms with van der Waals surface area (Å²) in [5, 5.41) is 2.67. The highest BCUT2D eigenvalue weighted by molar-refractivity contribution is 7.13. The molecule has 94 valence electrons. The predicted molar refractivity (Wildman–Crippen MR) is 73.5 cm³/mol. The molecule has 3 nitrogen and oxygen atoms in total. The van der Waals surface area contributed by atoms with Crippen LogP contribution in [0.2, 0.25) is 0 Å². The summed E-state index contributed by atoms with van der Waals surface area (Å²) in [4.78, 5) is 15.6. The standard InChI is InChI=1S/C14H15NO2S/c1-4-10-7-11(5-6-13(10)17-3)14-15-12(8-18-14)9(2)16/h5-8H,4H2,1-3H3. The third kappa shape index (κ3) is 2.43. The van der Waals surface area contributed by atoms with E-state index in [2.05, 4.69) is 18.0 Å². The molecular weight excluding hydrogens is 246 g/mol. The maximum Gasteiger partial charge on any atom is 0.178 e. The van der Waals surface area contributed by atoms with Crippen LogP contribution in [0.3, 0.4) is 0 Å². The number of Topliss-reactive ketones (excluding diaryl/α,β-unsaturated/α-hetero) is 1. The Morgan fingerprint density at radius 3 is 2.78 bits per heavy atom. The minimum Gasteiger partial charge on any atom is -0.496 e. The second-order valence-electron chi connectivity index (χ2n) is 3.97. The van der Waals surface area contributed by atoms with Gasteiger partial charge in [0.05, 0.1) is 7.11 Å². The van der Waals surface area contributed by atoms with Gasteiger partial charge in [0.15, 0.2) is 5.78 Å². The van der Waals surface area contributed by atoms with Gasteiger partial charge in [0.1, 0.15) is 16.5 Å². The van der Waals surface area contributed by atoms with E-state index in [1.165, 1.54) is 18.3 Å². The van der Waals surface area contributed by atoms with Crippen molar-refractivity contribution in [2.45, 2.75) is 20.3 Å². The third-order valence-electron chi connectivity index (χ3n) is 2.77. The Morgan fingerprint density at radius 2 is 2.22 bits per heavy atom. The zero-order chi connectivity index (χ0) is 13.1. The molecule has 18 heavy (non-hydrogen) atoms. The van der Waals surface area contributed by atoms with Crippen molar-refractivity contribution >= 4 is 17.1 Å². The normalized spacial score (nSPS) is 10.4. The van der Waals surface area contributed by atoms with Gasteiger partial charge in [-0.15, -0.1) is 11.3 Å². The molecule has 1 heterocycles. The van der Waals surface area contributed by atoms with Crippen molar-refractivity contribution in [1.29, 1.82) is 0 Å². The van der Waals surface area contributed by atoms with Gasteiger partial charge in [0, 0.05) is 17.9 Å². The number of carbonyl (C=O) groups excluding carboxylic acids is 1. The molecule has 0 N–H and O–H groups in total. The molecule has 0 saturated carbocycles. The van der Waals surface area contributed by atoms with Crippen LogP contribution in [-0.4, -0.2) is 17.9 Å². The number of aryl methyl sites for hydroxylation is 1. The summed E-state index contributed by atoms with van der Waals surface area (Å²) < 4.78 is 5.30. The van der Waals surface area contributed by atoms with Crippen LogP contribution < -0.4 is 4.74 Å². The van der Waals surface area contributed by atoms with Crippen molar-refractivity contribution in [3.05, 3.63) is 34.8 Å². The molecule has 2 rings (SSSR count). The average molecular weight is 261 g/mol. The molecule has 4 heteroatoms. The fourth-order valence-electron chi connectivity index (χ4n) is 1.76. The monoisotopic (exact) mass is 261 g/mol. The fourth-order valence-corrected chi connectivity index (χ4v) is 2.61. The molecule has 0 saturated heterocycles. The van der Waals surface area contributed by atoms with Gasteiger partial charge in [-0.2, -0.15) is 0 Å². The lowest BCUT2D eigenvalue weighted by Gasteiger charge is -2.07. The van der Waals surface area contributed by atoms with Gasteiger partial charge >= 0.3 is 0 Å². The van der Waals surface area contributed by atoms with Crippen molar-refractivity contribution in [3.63, 3.8) is 0 Å². The molecule has 0 bridgehead atoms. The van der Waals surface area contributed by atoms with Crippen molar-refractivity contribution in [2.24, 2.45) is 0 Å². The summed E-state index contributed by atoms with van der Waals surface area (Å²) in [5.74, 6) is 0.895. The molecule has 0 amide bonds. The van der Waals surface area contributed by atoms with Crippen LogP contribution in [0.15, 0.2) is 23.6 Å². The summed E-state index contributed by atoms with van der Waals surface area (Å²) in [6.45, 7) is 3.62. The van der Waals surface area contributed by atoms with Gasteiger partial charge in [-0.05, 0) is 30.2 Å². The number of carbonyl (C=O) groups is 1. The summed E-state index contributed by atoms with van der Waals surface area (Å²) in [7, 11) is 1.67. The summed E-state index contributed by atoms with van der Waals surface area (Å²) in [5.41, 5.74) is 2.71. The second kappa shape index (κ2) is 5.31. The Kier molecular flexibility index (Phi) is 3.77. The number of benzene rings is 1. The van der Waals surface area contributed by atoms with E-state index in [9.17, 15) is 4.79 Å². The lowest BCUT2D eigenvalue weighted by molar-refractivity contribution is 0.101. The van der Waals surface area contributed by atoms with Gasteiger partial charge in [-0.3, -0.25) is 4.79 Å². The maximum absolute atomic E-state index is 11.2. The van der Waals surface area contributed by atoms with Crippen LogP contribution in [0, 0.1) is 0 Å². The van der Waals surface area contributed by atoms with E-state index in [0.29, 0.717) is 5.69 Å². The van der Waals surface area contributed by atoms with Crippen molar-refractivity contribution in [2.75, 3.05) is 7.11 Å². The first kappa shape index (κ1) is 12.8. The summed E-state index contributed by atoms with van der Waals surface area (Å²) in [6.07, 6.45) is 0.905. The van der Waals surface area contributed by atoms with Crippen molar-refractivity contribution < 1.29 is 9.53 Å². The summed E-state index contributed by atoms with van der Waals surface area (Å²) >= 11 is 1.49. The first-order valence-corrected chi connectivity index (χ1v) is 6.67. The molecular formula is C14H15NO2S. The van der Waals surface area contributed by atoms with Crippen molar-refractivity contribution in [1.82, 2.24) is 4.98 Å². The molecule has 0 aliphatic rings. The topological polar surface area (TPSA) is 39.2 Å². The van der Waals surface area contributed by atoms with Gasteiger partial charge in [0.25, 0.3) is 0 Å². The molecule has 1 aromatic heterocycles. The zero-order valence-corrected chi connectivity index (χ0v) is 11.5.